The predicted octanol–water partition coefficient (Wildman–Crippen LogP) is 2.55. The lowest BCUT2D eigenvalue weighted by Gasteiger charge is -2.36. The molecule has 0 saturated carbocycles. The number of hydrazine groups is 1. The average molecular weight is 286 g/mol. The van der Waals surface area contributed by atoms with Gasteiger partial charge in [-0.25, -0.2) is 4.39 Å². The van der Waals surface area contributed by atoms with Crippen LogP contribution < -0.4 is 16.0 Å². The molecule has 110 valence electrons. The summed E-state index contributed by atoms with van der Waals surface area (Å²) in [5.41, 5.74) is 6.14. The molecule has 1 aliphatic carbocycles. The zero-order chi connectivity index (χ0) is 14.8. The highest BCUT2D eigenvalue weighted by Gasteiger charge is 2.32. The van der Waals surface area contributed by atoms with Crippen molar-refractivity contribution in [2.45, 2.75) is 24.8 Å². The minimum Gasteiger partial charge on any atom is -0.494 e. The zero-order valence-electron chi connectivity index (χ0n) is 12.0. The number of ether oxygens (including phenoxy) is 1. The number of methoxy groups -OCH3 is 1. The van der Waals surface area contributed by atoms with Gasteiger partial charge in [0.15, 0.2) is 11.6 Å². The number of fused-ring (bicyclic) bond motifs is 1. The molecule has 3 rings (SSSR count). The predicted molar refractivity (Wildman–Crippen MR) is 80.7 cm³/mol. The first-order chi connectivity index (χ1) is 10.2. The monoisotopic (exact) mass is 286 g/mol. The quantitative estimate of drug-likeness (QED) is 0.656. The van der Waals surface area contributed by atoms with Gasteiger partial charge in [-0.15, -0.1) is 0 Å². The normalized spacial score (nSPS) is 17.8. The summed E-state index contributed by atoms with van der Waals surface area (Å²) in [5.74, 6) is 6.01. The molecule has 0 saturated heterocycles. The van der Waals surface area contributed by atoms with Gasteiger partial charge in [0, 0.05) is 12.0 Å². The number of nitrogens with two attached hydrogens (primary N) is 1. The maximum absolute atomic E-state index is 14.3. The van der Waals surface area contributed by atoms with Crippen LogP contribution in [0.3, 0.4) is 0 Å². The minimum absolute atomic E-state index is 0.0153. The van der Waals surface area contributed by atoms with Crippen LogP contribution in [0.2, 0.25) is 0 Å². The van der Waals surface area contributed by atoms with Crippen molar-refractivity contribution in [2.24, 2.45) is 5.84 Å². The van der Waals surface area contributed by atoms with Gasteiger partial charge < -0.3 is 4.74 Å². The van der Waals surface area contributed by atoms with Crippen molar-refractivity contribution in [1.29, 1.82) is 0 Å². The maximum atomic E-state index is 14.3. The molecule has 0 fully saturated rings. The summed E-state index contributed by atoms with van der Waals surface area (Å²) >= 11 is 0. The van der Waals surface area contributed by atoms with Gasteiger partial charge in [-0.05, 0) is 35.6 Å². The summed E-state index contributed by atoms with van der Waals surface area (Å²) in [4.78, 5) is 0. The molecule has 1 aliphatic rings. The first kappa shape index (κ1) is 14.0. The van der Waals surface area contributed by atoms with Crippen LogP contribution in [0.15, 0.2) is 42.5 Å². The summed E-state index contributed by atoms with van der Waals surface area (Å²) in [5, 5.41) is 0. The highest BCUT2D eigenvalue weighted by Crippen LogP contribution is 2.38. The molecule has 2 unspecified atom stereocenters. The Morgan fingerprint density at radius 2 is 2.10 bits per heavy atom. The Morgan fingerprint density at radius 3 is 2.81 bits per heavy atom. The van der Waals surface area contributed by atoms with Gasteiger partial charge in [0.25, 0.3) is 0 Å². The second-order valence-electron chi connectivity index (χ2n) is 5.42. The second-order valence-corrected chi connectivity index (χ2v) is 5.42. The van der Waals surface area contributed by atoms with Crippen molar-refractivity contribution in [2.75, 3.05) is 7.11 Å². The van der Waals surface area contributed by atoms with E-state index in [0.29, 0.717) is 17.9 Å². The Morgan fingerprint density at radius 1 is 1.29 bits per heavy atom. The fourth-order valence-corrected chi connectivity index (χ4v) is 3.08. The first-order valence-corrected chi connectivity index (χ1v) is 7.10. The van der Waals surface area contributed by atoms with Gasteiger partial charge in [0.2, 0.25) is 0 Å². The van der Waals surface area contributed by atoms with E-state index in [1.165, 1.54) is 18.2 Å². The number of hydrogen-bond acceptors (Lipinski definition) is 3. The average Bonchev–Trinajstić information content (AvgIpc) is 2.49. The van der Waals surface area contributed by atoms with E-state index < -0.39 is 0 Å². The largest absolute Gasteiger partial charge is 0.494 e. The Hall–Kier alpha value is -1.91. The summed E-state index contributed by atoms with van der Waals surface area (Å²) in [6.45, 7) is 0. The van der Waals surface area contributed by atoms with Crippen molar-refractivity contribution in [3.63, 3.8) is 0 Å². The van der Waals surface area contributed by atoms with Crippen LogP contribution in [0.4, 0.5) is 4.39 Å². The van der Waals surface area contributed by atoms with Gasteiger partial charge in [-0.3, -0.25) is 11.3 Å². The van der Waals surface area contributed by atoms with Crippen LogP contribution in [-0.2, 0) is 12.8 Å². The third kappa shape index (κ3) is 2.52. The van der Waals surface area contributed by atoms with Crippen molar-refractivity contribution in [3.8, 4) is 5.75 Å². The molecule has 0 aromatic heterocycles. The molecule has 0 amide bonds. The lowest BCUT2D eigenvalue weighted by Crippen LogP contribution is -2.45. The molecule has 0 spiro atoms. The Kier molecular flexibility index (Phi) is 3.90. The molecular weight excluding hydrogens is 267 g/mol. The number of rotatable bonds is 5. The van der Waals surface area contributed by atoms with Crippen LogP contribution in [0.25, 0.3) is 0 Å². The SMILES string of the molecule is COc1cccc(CC(NN)C2Cc3ccccc32)c1F. The van der Waals surface area contributed by atoms with Crippen LogP contribution in [0.5, 0.6) is 5.75 Å². The van der Waals surface area contributed by atoms with Gasteiger partial charge >= 0.3 is 0 Å². The summed E-state index contributed by atoms with van der Waals surface area (Å²) < 4.78 is 19.3. The van der Waals surface area contributed by atoms with Crippen molar-refractivity contribution in [1.82, 2.24) is 5.43 Å². The van der Waals surface area contributed by atoms with Gasteiger partial charge in [-0.2, -0.15) is 0 Å². The van der Waals surface area contributed by atoms with Crippen molar-refractivity contribution >= 4 is 0 Å². The molecule has 2 atom stereocenters. The molecule has 2 aromatic rings. The zero-order valence-corrected chi connectivity index (χ0v) is 12.0. The Labute approximate surface area is 123 Å². The van der Waals surface area contributed by atoms with Gasteiger partial charge in [0.1, 0.15) is 0 Å². The number of nitrogens with one attached hydrogen (secondary N) is 1. The standard InChI is InChI=1S/C17H19FN2O/c1-21-16-8-4-6-12(17(16)18)10-15(20-19)14-9-11-5-2-3-7-13(11)14/h2-8,14-15,20H,9-10,19H2,1H3. The molecule has 0 heterocycles. The smallest absolute Gasteiger partial charge is 0.168 e. The van der Waals surface area contributed by atoms with E-state index >= 15 is 0 Å². The lowest BCUT2D eigenvalue weighted by atomic mass is 9.72. The molecule has 3 N–H and O–H groups in total. The number of benzene rings is 2. The molecule has 0 radical (unpaired) electrons. The van der Waals surface area contributed by atoms with Crippen molar-refractivity contribution in [3.05, 3.63) is 65.0 Å². The Balaban J connectivity index is 1.81. The fourth-order valence-electron chi connectivity index (χ4n) is 3.08. The van der Waals surface area contributed by atoms with E-state index in [9.17, 15) is 4.39 Å². The van der Waals surface area contributed by atoms with Crippen LogP contribution in [0, 0.1) is 5.82 Å². The molecule has 0 bridgehead atoms. The van der Waals surface area contributed by atoms with E-state index in [0.717, 1.165) is 6.42 Å². The van der Waals surface area contributed by atoms with Crippen LogP contribution in [-0.4, -0.2) is 13.2 Å². The number of hydrogen-bond donors (Lipinski definition) is 2. The minimum atomic E-state index is -0.298. The lowest BCUT2D eigenvalue weighted by molar-refractivity contribution is 0.374. The van der Waals surface area contributed by atoms with Gasteiger partial charge in [-0.1, -0.05) is 36.4 Å². The van der Waals surface area contributed by atoms with Crippen LogP contribution >= 0.6 is 0 Å². The highest BCUT2D eigenvalue weighted by molar-refractivity contribution is 5.42. The second kappa shape index (κ2) is 5.84. The fraction of sp³-hybridized carbons (Fsp3) is 0.294. The van der Waals surface area contributed by atoms with E-state index in [1.54, 1.807) is 18.2 Å². The van der Waals surface area contributed by atoms with E-state index in [1.807, 2.05) is 12.1 Å². The van der Waals surface area contributed by atoms with E-state index in [2.05, 4.69) is 17.6 Å². The third-order valence-electron chi connectivity index (χ3n) is 4.30. The molecule has 21 heavy (non-hydrogen) atoms. The summed E-state index contributed by atoms with van der Waals surface area (Å²) in [7, 11) is 1.48. The first-order valence-electron chi connectivity index (χ1n) is 7.10. The Bertz CT molecular complexity index is 644. The molecule has 2 aromatic carbocycles. The van der Waals surface area contributed by atoms with Crippen LogP contribution in [0.1, 0.15) is 22.6 Å². The molecule has 4 heteroatoms. The van der Waals surface area contributed by atoms with E-state index in [-0.39, 0.29) is 17.6 Å². The molecule has 3 nitrogen and oxygen atoms in total. The van der Waals surface area contributed by atoms with Crippen molar-refractivity contribution < 1.29 is 9.13 Å². The molecular formula is C17H19FN2O. The summed E-state index contributed by atoms with van der Waals surface area (Å²) in [6.07, 6.45) is 1.52. The molecule has 0 aliphatic heterocycles. The maximum Gasteiger partial charge on any atom is 0.168 e. The summed E-state index contributed by atoms with van der Waals surface area (Å²) in [6, 6.07) is 13.6. The number of halogens is 1. The topological polar surface area (TPSA) is 47.3 Å². The van der Waals surface area contributed by atoms with E-state index in [4.69, 9.17) is 10.6 Å². The van der Waals surface area contributed by atoms with Gasteiger partial charge in [0.05, 0.1) is 7.11 Å². The highest BCUT2D eigenvalue weighted by atomic mass is 19.1. The third-order valence-corrected chi connectivity index (χ3v) is 4.30.